The summed E-state index contributed by atoms with van der Waals surface area (Å²) in [4.78, 5) is 16.3. The maximum atomic E-state index is 12.1. The smallest absolute Gasteiger partial charge is 0.317 e. The van der Waals surface area contributed by atoms with E-state index in [1.54, 1.807) is 0 Å². The lowest BCUT2D eigenvalue weighted by Crippen LogP contribution is -2.51. The Balaban J connectivity index is 1.34. The Kier molecular flexibility index (Phi) is 5.96. The summed E-state index contributed by atoms with van der Waals surface area (Å²) in [7, 11) is 0. The number of hydrogen-bond acceptors (Lipinski definition) is 5. The molecular weight excluding hydrogens is 404 g/mol. The number of ether oxygens (including phenoxy) is 1. The number of nitrogens with one attached hydrogen (secondary N) is 2. The fourth-order valence-corrected chi connectivity index (χ4v) is 4.51. The fraction of sp³-hybridized carbons (Fsp3) is 0.417. The van der Waals surface area contributed by atoms with Crippen molar-refractivity contribution in [1.29, 1.82) is 0 Å². The molecule has 2 aliphatic rings. The zero-order valence-electron chi connectivity index (χ0n) is 18.5. The van der Waals surface area contributed by atoms with Crippen LogP contribution in [-0.2, 0) is 4.74 Å². The number of amides is 2. The van der Waals surface area contributed by atoms with Crippen molar-refractivity contribution >= 4 is 17.2 Å². The van der Waals surface area contributed by atoms with E-state index in [4.69, 9.17) is 4.74 Å². The van der Waals surface area contributed by atoms with E-state index in [9.17, 15) is 4.79 Å². The summed E-state index contributed by atoms with van der Waals surface area (Å²) in [6.07, 6.45) is 4.05. The van der Waals surface area contributed by atoms with Crippen molar-refractivity contribution in [3.05, 3.63) is 54.4 Å². The van der Waals surface area contributed by atoms with Crippen molar-refractivity contribution in [2.75, 3.05) is 57.3 Å². The van der Waals surface area contributed by atoms with Gasteiger partial charge in [-0.2, -0.15) is 5.10 Å². The van der Waals surface area contributed by atoms with E-state index in [-0.39, 0.29) is 12.1 Å². The summed E-state index contributed by atoms with van der Waals surface area (Å²) < 4.78 is 7.81. The molecule has 0 radical (unpaired) electrons. The van der Waals surface area contributed by atoms with E-state index in [0.29, 0.717) is 19.6 Å². The Morgan fingerprint density at radius 1 is 1.16 bits per heavy atom. The van der Waals surface area contributed by atoms with Crippen LogP contribution >= 0.6 is 0 Å². The molecule has 5 rings (SSSR count). The molecular formula is C24H30N6O2. The van der Waals surface area contributed by atoms with E-state index in [1.807, 2.05) is 22.5 Å². The number of hydrogen-bond donors (Lipinski definition) is 2. The molecule has 8 nitrogen and oxygen atoms in total. The van der Waals surface area contributed by atoms with E-state index >= 15 is 0 Å². The number of morpholine rings is 1. The SMILES string of the molecule is CCNC(=O)N1CCN(c2ccnn3cc(-c4ccc([C@@H]5CNCCO5)cc4)cc23)CC1. The molecule has 1 aromatic carbocycles. The van der Waals surface area contributed by atoms with E-state index in [0.717, 1.165) is 55.1 Å². The summed E-state index contributed by atoms with van der Waals surface area (Å²) in [5.74, 6) is 0. The molecule has 1 atom stereocenters. The molecule has 168 valence electrons. The first-order chi connectivity index (χ1) is 15.7. The molecule has 0 unspecified atom stereocenters. The topological polar surface area (TPSA) is 74.1 Å². The zero-order valence-corrected chi connectivity index (χ0v) is 18.5. The molecule has 0 spiro atoms. The second-order valence-corrected chi connectivity index (χ2v) is 8.27. The number of anilines is 1. The molecule has 2 saturated heterocycles. The van der Waals surface area contributed by atoms with Crippen molar-refractivity contribution in [2.45, 2.75) is 13.0 Å². The van der Waals surface area contributed by atoms with Gasteiger partial charge in [0.1, 0.15) is 0 Å². The monoisotopic (exact) mass is 434 g/mol. The molecule has 3 aromatic rings. The summed E-state index contributed by atoms with van der Waals surface area (Å²) in [5, 5.41) is 10.8. The minimum atomic E-state index is 0.0230. The number of fused-ring (bicyclic) bond motifs is 1. The van der Waals surface area contributed by atoms with Crippen molar-refractivity contribution in [3.8, 4) is 11.1 Å². The molecule has 2 fully saturated rings. The second kappa shape index (κ2) is 9.18. The predicted octanol–water partition coefficient (Wildman–Crippen LogP) is 2.51. The van der Waals surface area contributed by atoms with Crippen molar-refractivity contribution in [3.63, 3.8) is 0 Å². The molecule has 2 N–H and O–H groups in total. The van der Waals surface area contributed by atoms with Crippen LogP contribution in [0.1, 0.15) is 18.6 Å². The van der Waals surface area contributed by atoms with Crippen LogP contribution in [-0.4, -0.2) is 73.0 Å². The normalized spacial score (nSPS) is 19.3. The first kappa shape index (κ1) is 20.8. The van der Waals surface area contributed by atoms with Gasteiger partial charge < -0.3 is 25.2 Å². The Hall–Kier alpha value is -3.10. The number of rotatable bonds is 4. The first-order valence-electron chi connectivity index (χ1n) is 11.4. The summed E-state index contributed by atoms with van der Waals surface area (Å²) in [6, 6.07) is 12.9. The quantitative estimate of drug-likeness (QED) is 0.660. The number of aromatic nitrogens is 2. The Morgan fingerprint density at radius 2 is 1.97 bits per heavy atom. The minimum Gasteiger partial charge on any atom is -0.371 e. The second-order valence-electron chi connectivity index (χ2n) is 8.27. The van der Waals surface area contributed by atoms with Gasteiger partial charge in [-0.1, -0.05) is 24.3 Å². The summed E-state index contributed by atoms with van der Waals surface area (Å²) >= 11 is 0. The van der Waals surface area contributed by atoms with Crippen LogP contribution in [0.2, 0.25) is 0 Å². The predicted molar refractivity (Wildman–Crippen MR) is 125 cm³/mol. The van der Waals surface area contributed by atoms with Crippen LogP contribution in [0.15, 0.2) is 48.8 Å². The highest BCUT2D eigenvalue weighted by Gasteiger charge is 2.22. The largest absolute Gasteiger partial charge is 0.371 e. The van der Waals surface area contributed by atoms with Gasteiger partial charge >= 0.3 is 6.03 Å². The molecule has 0 saturated carbocycles. The van der Waals surface area contributed by atoms with Gasteiger partial charge in [0.15, 0.2) is 0 Å². The number of benzene rings is 1. The van der Waals surface area contributed by atoms with Crippen molar-refractivity contribution in [2.24, 2.45) is 0 Å². The van der Waals surface area contributed by atoms with Gasteiger partial charge in [-0.25, -0.2) is 9.31 Å². The molecule has 2 amide bonds. The molecule has 2 aromatic heterocycles. The van der Waals surface area contributed by atoms with Crippen LogP contribution in [0, 0.1) is 0 Å². The van der Waals surface area contributed by atoms with Gasteiger partial charge in [0.2, 0.25) is 0 Å². The fourth-order valence-electron chi connectivity index (χ4n) is 4.51. The van der Waals surface area contributed by atoms with E-state index in [2.05, 4.69) is 63.2 Å². The standard InChI is InChI=1S/C24H30N6O2/c1-2-26-24(31)29-12-10-28(11-13-29)21-7-8-27-30-17-20(15-22(21)30)18-3-5-19(6-4-18)23-16-25-9-14-32-23/h3-8,15,17,23,25H,2,9-14,16H2,1H3,(H,26,31)/t23-/m0/s1. The third-order valence-electron chi connectivity index (χ3n) is 6.27. The first-order valence-corrected chi connectivity index (χ1v) is 11.4. The zero-order chi connectivity index (χ0) is 21.9. The molecule has 0 bridgehead atoms. The number of carbonyl (C=O) groups is 1. The molecule has 0 aliphatic carbocycles. The van der Waals surface area contributed by atoms with E-state index < -0.39 is 0 Å². The highest BCUT2D eigenvalue weighted by molar-refractivity contribution is 5.80. The van der Waals surface area contributed by atoms with Crippen LogP contribution in [0.3, 0.4) is 0 Å². The van der Waals surface area contributed by atoms with Gasteiger partial charge in [-0.05, 0) is 30.2 Å². The Bertz CT molecular complexity index is 1070. The summed E-state index contributed by atoms with van der Waals surface area (Å²) in [5.41, 5.74) is 5.74. The average Bonchev–Trinajstić information content (AvgIpc) is 3.30. The Labute approximate surface area is 188 Å². The van der Waals surface area contributed by atoms with Crippen LogP contribution < -0.4 is 15.5 Å². The highest BCUT2D eigenvalue weighted by atomic mass is 16.5. The van der Waals surface area contributed by atoms with Crippen LogP contribution in [0.25, 0.3) is 16.6 Å². The van der Waals surface area contributed by atoms with Crippen LogP contribution in [0.5, 0.6) is 0 Å². The van der Waals surface area contributed by atoms with Crippen molar-refractivity contribution < 1.29 is 9.53 Å². The lowest BCUT2D eigenvalue weighted by Gasteiger charge is -2.36. The summed E-state index contributed by atoms with van der Waals surface area (Å²) in [6.45, 7) is 8.18. The molecule has 32 heavy (non-hydrogen) atoms. The van der Waals surface area contributed by atoms with Crippen molar-refractivity contribution in [1.82, 2.24) is 25.1 Å². The van der Waals surface area contributed by atoms with Gasteiger partial charge in [-0.15, -0.1) is 0 Å². The number of nitrogens with zero attached hydrogens (tertiary/aromatic N) is 4. The maximum Gasteiger partial charge on any atom is 0.317 e. The third-order valence-corrected chi connectivity index (χ3v) is 6.27. The van der Waals surface area contributed by atoms with E-state index in [1.165, 1.54) is 5.56 Å². The van der Waals surface area contributed by atoms with Gasteiger partial charge in [0, 0.05) is 63.8 Å². The lowest BCUT2D eigenvalue weighted by atomic mass is 10.0. The minimum absolute atomic E-state index is 0.0230. The third kappa shape index (κ3) is 4.16. The van der Waals surface area contributed by atoms with Gasteiger partial charge in [0.05, 0.1) is 23.9 Å². The molecule has 2 aliphatic heterocycles. The highest BCUT2D eigenvalue weighted by Crippen LogP contribution is 2.30. The number of urea groups is 1. The Morgan fingerprint density at radius 3 is 2.69 bits per heavy atom. The molecule has 8 heteroatoms. The van der Waals surface area contributed by atoms with Crippen LogP contribution in [0.4, 0.5) is 10.5 Å². The number of piperazine rings is 1. The van der Waals surface area contributed by atoms with Gasteiger partial charge in [-0.3, -0.25) is 0 Å². The maximum absolute atomic E-state index is 12.1. The molecule has 4 heterocycles. The lowest BCUT2D eigenvalue weighted by molar-refractivity contribution is 0.0277. The average molecular weight is 435 g/mol. The number of carbonyl (C=O) groups excluding carboxylic acids is 1. The van der Waals surface area contributed by atoms with Gasteiger partial charge in [0.25, 0.3) is 0 Å².